The van der Waals surface area contributed by atoms with Gasteiger partial charge in [-0.25, -0.2) is 0 Å². The van der Waals surface area contributed by atoms with Crippen LogP contribution in [0, 0.1) is 0 Å². The predicted molar refractivity (Wildman–Crippen MR) is 135 cm³/mol. The first-order chi connectivity index (χ1) is 16.8. The SMILES string of the molecule is CCN(CC)C(=O)CN1CCN(C(=O)c2cn(C(C)C)cc3c(=O)n(-c4ccccc4)nc2-3)CC1. The minimum Gasteiger partial charge on any atom is -0.350 e. The zero-order valence-corrected chi connectivity index (χ0v) is 21.0. The van der Waals surface area contributed by atoms with Crippen LogP contribution in [0.15, 0.2) is 47.5 Å². The van der Waals surface area contributed by atoms with Gasteiger partial charge >= 0.3 is 0 Å². The number of fused-ring (bicyclic) bond motifs is 1. The number of hydrogen-bond donors (Lipinski definition) is 0. The zero-order valence-electron chi connectivity index (χ0n) is 21.0. The summed E-state index contributed by atoms with van der Waals surface area (Å²) in [4.78, 5) is 45.1. The Morgan fingerprint density at radius 1 is 1.00 bits per heavy atom. The molecule has 0 N–H and O–H groups in total. The number of para-hydroxylation sites is 1. The lowest BCUT2D eigenvalue weighted by Gasteiger charge is -2.35. The number of carbonyl (C=O) groups excluding carboxylic acids is 2. The van der Waals surface area contributed by atoms with Crippen molar-refractivity contribution in [3.05, 3.63) is 58.6 Å². The maximum Gasteiger partial charge on any atom is 0.282 e. The van der Waals surface area contributed by atoms with Gasteiger partial charge in [0.1, 0.15) is 5.69 Å². The molecule has 1 fully saturated rings. The number of amides is 2. The molecule has 0 unspecified atom stereocenters. The van der Waals surface area contributed by atoms with Crippen LogP contribution >= 0.6 is 0 Å². The van der Waals surface area contributed by atoms with Gasteiger partial charge in [-0.2, -0.15) is 9.78 Å². The number of nitrogens with zero attached hydrogens (tertiary/aromatic N) is 6. The molecule has 3 aliphatic heterocycles. The fraction of sp³-hybridized carbons (Fsp3) is 0.462. The molecule has 35 heavy (non-hydrogen) atoms. The van der Waals surface area contributed by atoms with Crippen LogP contribution in [0.1, 0.15) is 44.1 Å². The molecule has 0 bridgehead atoms. The molecule has 2 amide bonds. The normalized spacial score (nSPS) is 14.6. The van der Waals surface area contributed by atoms with Crippen molar-refractivity contribution in [3.63, 3.8) is 0 Å². The van der Waals surface area contributed by atoms with Crippen molar-refractivity contribution in [3.8, 4) is 16.9 Å². The Labute approximate surface area is 205 Å². The van der Waals surface area contributed by atoms with Crippen LogP contribution in [-0.2, 0) is 4.79 Å². The van der Waals surface area contributed by atoms with Crippen molar-refractivity contribution in [2.75, 3.05) is 45.8 Å². The van der Waals surface area contributed by atoms with Crippen molar-refractivity contribution in [1.29, 1.82) is 0 Å². The second kappa shape index (κ2) is 10.4. The Kier molecular flexibility index (Phi) is 7.35. The van der Waals surface area contributed by atoms with E-state index in [4.69, 9.17) is 0 Å². The third-order valence-electron chi connectivity index (χ3n) is 6.65. The highest BCUT2D eigenvalue weighted by molar-refractivity contribution is 6.00. The van der Waals surface area contributed by atoms with Gasteiger partial charge in [0.25, 0.3) is 11.5 Å². The van der Waals surface area contributed by atoms with E-state index < -0.39 is 0 Å². The van der Waals surface area contributed by atoms with Crippen molar-refractivity contribution in [1.82, 2.24) is 29.0 Å². The predicted octanol–water partition coefficient (Wildman–Crippen LogP) is 2.35. The Hall–Kier alpha value is -3.46. The van der Waals surface area contributed by atoms with Gasteiger partial charge in [0.2, 0.25) is 5.91 Å². The van der Waals surface area contributed by atoms with Gasteiger partial charge in [-0.05, 0) is 39.8 Å². The summed E-state index contributed by atoms with van der Waals surface area (Å²) < 4.78 is 3.26. The Morgan fingerprint density at radius 3 is 2.26 bits per heavy atom. The van der Waals surface area contributed by atoms with Gasteiger partial charge in [-0.15, -0.1) is 0 Å². The number of rotatable bonds is 7. The van der Waals surface area contributed by atoms with Gasteiger partial charge in [-0.1, -0.05) is 18.2 Å². The van der Waals surface area contributed by atoms with Crippen LogP contribution in [0.5, 0.6) is 0 Å². The lowest BCUT2D eigenvalue weighted by atomic mass is 10.1. The third-order valence-corrected chi connectivity index (χ3v) is 6.65. The molecule has 9 heteroatoms. The summed E-state index contributed by atoms with van der Waals surface area (Å²) in [5, 5.41) is 4.57. The average Bonchev–Trinajstić information content (AvgIpc) is 3.21. The second-order valence-corrected chi connectivity index (χ2v) is 9.16. The van der Waals surface area contributed by atoms with E-state index in [0.29, 0.717) is 68.3 Å². The van der Waals surface area contributed by atoms with E-state index in [2.05, 4.69) is 10.00 Å². The van der Waals surface area contributed by atoms with Gasteiger partial charge in [0.15, 0.2) is 0 Å². The van der Waals surface area contributed by atoms with E-state index in [1.807, 2.05) is 67.5 Å². The van der Waals surface area contributed by atoms with Crippen LogP contribution in [0.3, 0.4) is 0 Å². The van der Waals surface area contributed by atoms with Crippen LogP contribution in [0.2, 0.25) is 0 Å². The van der Waals surface area contributed by atoms with E-state index in [0.717, 1.165) is 0 Å². The minimum atomic E-state index is -0.241. The third kappa shape index (κ3) is 5.00. The molecular weight excluding hydrogens is 444 g/mol. The number of pyridine rings is 1. The summed E-state index contributed by atoms with van der Waals surface area (Å²) in [6.45, 7) is 12.1. The van der Waals surface area contributed by atoms with Crippen LogP contribution < -0.4 is 5.56 Å². The number of piperazine rings is 1. The first-order valence-electron chi connectivity index (χ1n) is 12.3. The summed E-state index contributed by atoms with van der Waals surface area (Å²) in [6, 6.07) is 9.31. The van der Waals surface area contributed by atoms with Gasteiger partial charge < -0.3 is 14.4 Å². The molecule has 0 saturated carbocycles. The molecule has 0 aliphatic carbocycles. The molecule has 0 aromatic heterocycles. The fourth-order valence-electron chi connectivity index (χ4n) is 4.47. The Balaban J connectivity index is 1.59. The minimum absolute atomic E-state index is 0.0772. The summed E-state index contributed by atoms with van der Waals surface area (Å²) in [7, 11) is 0. The molecule has 0 spiro atoms. The molecule has 3 aliphatic rings. The number of likely N-dealkylation sites (N-methyl/N-ethyl adjacent to an activating group) is 1. The van der Waals surface area contributed by atoms with E-state index in [1.54, 1.807) is 17.3 Å². The summed E-state index contributed by atoms with van der Waals surface area (Å²) in [5.41, 5.74) is 1.69. The fourth-order valence-corrected chi connectivity index (χ4v) is 4.47. The van der Waals surface area contributed by atoms with E-state index >= 15 is 0 Å². The molecule has 3 heterocycles. The van der Waals surface area contributed by atoms with Crippen molar-refractivity contribution >= 4 is 11.8 Å². The van der Waals surface area contributed by atoms with Crippen LogP contribution in [-0.4, -0.2) is 86.7 Å². The van der Waals surface area contributed by atoms with Gasteiger partial charge in [0.05, 0.1) is 23.4 Å². The second-order valence-electron chi connectivity index (χ2n) is 9.16. The lowest BCUT2D eigenvalue weighted by molar-refractivity contribution is -0.132. The number of carbonyl (C=O) groups is 2. The first-order valence-corrected chi connectivity index (χ1v) is 12.3. The first kappa shape index (κ1) is 24.7. The van der Waals surface area contributed by atoms with Gasteiger partial charge in [-0.3, -0.25) is 19.3 Å². The Morgan fingerprint density at radius 2 is 1.66 bits per heavy atom. The molecule has 1 saturated heterocycles. The van der Waals surface area contributed by atoms with E-state index in [1.165, 1.54) is 4.68 Å². The molecule has 0 radical (unpaired) electrons. The maximum absolute atomic E-state index is 13.6. The molecular formula is C26H34N6O3. The molecule has 4 rings (SSSR count). The highest BCUT2D eigenvalue weighted by Gasteiger charge is 2.30. The summed E-state index contributed by atoms with van der Waals surface area (Å²) in [5.74, 6) is -0.0237. The topological polar surface area (TPSA) is 83.7 Å². The quantitative estimate of drug-likeness (QED) is 0.521. The van der Waals surface area contributed by atoms with Crippen molar-refractivity contribution < 1.29 is 9.59 Å². The molecule has 9 nitrogen and oxygen atoms in total. The highest BCUT2D eigenvalue weighted by atomic mass is 16.2. The molecule has 1 aromatic carbocycles. The zero-order chi connectivity index (χ0) is 25.1. The monoisotopic (exact) mass is 478 g/mol. The molecule has 1 aromatic rings. The van der Waals surface area contributed by atoms with Crippen LogP contribution in [0.4, 0.5) is 0 Å². The van der Waals surface area contributed by atoms with Crippen molar-refractivity contribution in [2.24, 2.45) is 0 Å². The molecule has 0 atom stereocenters. The standard InChI is InChI=1S/C26H34N6O3/c1-5-29(6-2)23(33)18-28-12-14-30(15-13-28)25(34)21-16-31(19(3)4)17-22-24(21)27-32(26(22)35)20-10-8-7-9-11-20/h7-11,16-17,19H,5-6,12-15,18H2,1-4H3. The van der Waals surface area contributed by atoms with Crippen molar-refractivity contribution in [2.45, 2.75) is 33.7 Å². The smallest absolute Gasteiger partial charge is 0.282 e. The Bertz CT molecular complexity index is 1200. The van der Waals surface area contributed by atoms with Gasteiger partial charge in [0, 0.05) is 57.7 Å². The number of hydrogen-bond acceptors (Lipinski definition) is 5. The average molecular weight is 479 g/mol. The molecule has 186 valence electrons. The maximum atomic E-state index is 13.6. The summed E-state index contributed by atoms with van der Waals surface area (Å²) in [6.07, 6.45) is 3.58. The number of aromatic nitrogens is 3. The van der Waals surface area contributed by atoms with Crippen LogP contribution in [0.25, 0.3) is 16.9 Å². The largest absolute Gasteiger partial charge is 0.350 e. The van der Waals surface area contributed by atoms with E-state index in [9.17, 15) is 14.4 Å². The summed E-state index contributed by atoms with van der Waals surface area (Å²) >= 11 is 0. The van der Waals surface area contributed by atoms with E-state index in [-0.39, 0.29) is 23.4 Å². The lowest BCUT2D eigenvalue weighted by Crippen LogP contribution is -2.51. The number of benzene rings is 1. The highest BCUT2D eigenvalue weighted by Crippen LogP contribution is 2.25.